The van der Waals surface area contributed by atoms with Crippen molar-refractivity contribution in [2.45, 2.75) is 171 Å². The zero-order valence-corrected chi connectivity index (χ0v) is 50.1. The summed E-state index contributed by atoms with van der Waals surface area (Å²) < 4.78 is 53.9. The van der Waals surface area contributed by atoms with Gasteiger partial charge in [0.2, 0.25) is 0 Å². The van der Waals surface area contributed by atoms with Gasteiger partial charge in [0.05, 0.1) is 35.5 Å². The molecule has 5 rings (SSSR count). The number of hydrogen-bond donors (Lipinski definition) is 5. The third kappa shape index (κ3) is 32.9. The van der Waals surface area contributed by atoms with Gasteiger partial charge in [-0.15, -0.1) is 0 Å². The first kappa shape index (κ1) is 67.6. The number of carbonyl (C=O) groups is 2. The fraction of sp³-hybridized carbons (Fsp3) is 0.750. The largest absolute Gasteiger partial charge is 0.512 e. The number of nitriles is 1. The summed E-state index contributed by atoms with van der Waals surface area (Å²) >= 11 is 9.47. The van der Waals surface area contributed by atoms with E-state index in [2.05, 4.69) is 162 Å². The van der Waals surface area contributed by atoms with Gasteiger partial charge >= 0.3 is 6.18 Å². The smallest absolute Gasteiger partial charge is 0.416 e. The molecule has 6 N–H and O–H groups in total. The number of nitrogens with two attached hydrogens (primary N) is 1. The van der Waals surface area contributed by atoms with E-state index in [9.17, 15) is 37.4 Å². The fourth-order valence-electron chi connectivity index (χ4n) is 8.66. The van der Waals surface area contributed by atoms with Crippen molar-refractivity contribution >= 4 is 108 Å². The number of rotatable bonds is 6. The Kier molecular flexibility index (Phi) is 32.3. The molecule has 0 spiro atoms. The molecule has 0 amide bonds. The number of ketones is 2. The molecule has 375 valence electrons. The molecular formula is C48H76F4I4N3O5V-. The number of halogens is 8. The number of alkyl halides is 6. The van der Waals surface area contributed by atoms with E-state index in [4.69, 9.17) is 16.1 Å². The maximum Gasteiger partial charge on any atom is 0.416 e. The number of nitrogens with zero attached hydrogens (tertiary/aromatic N) is 1. The van der Waals surface area contributed by atoms with E-state index < -0.39 is 23.7 Å². The van der Waals surface area contributed by atoms with Crippen LogP contribution >= 0.6 is 90.4 Å². The van der Waals surface area contributed by atoms with Crippen LogP contribution in [0.3, 0.4) is 0 Å². The van der Waals surface area contributed by atoms with Crippen molar-refractivity contribution in [2.24, 2.45) is 45.1 Å². The van der Waals surface area contributed by atoms with Crippen LogP contribution in [0.2, 0.25) is 0 Å². The van der Waals surface area contributed by atoms with Crippen molar-refractivity contribution in [1.82, 2.24) is 0 Å². The Bertz CT molecular complexity index is 1650. The summed E-state index contributed by atoms with van der Waals surface area (Å²) in [5.74, 6) is 0.237. The van der Waals surface area contributed by atoms with E-state index in [1.807, 2.05) is 13.8 Å². The topological polar surface area (TPSA) is 157 Å². The summed E-state index contributed by atoms with van der Waals surface area (Å²) in [4.78, 5) is 21.9. The van der Waals surface area contributed by atoms with Gasteiger partial charge in [-0.05, 0) is 110 Å². The second-order valence-electron chi connectivity index (χ2n) is 20.8. The van der Waals surface area contributed by atoms with E-state index in [0.717, 1.165) is 50.8 Å². The molecular weight excluding hydrogens is 1330 g/mol. The zero-order chi connectivity index (χ0) is 49.9. The maximum atomic E-state index is 13.3. The molecule has 1 aromatic carbocycles. The molecule has 8 nitrogen and oxygen atoms in total. The van der Waals surface area contributed by atoms with Crippen molar-refractivity contribution in [1.29, 1.82) is 5.26 Å². The van der Waals surface area contributed by atoms with Crippen LogP contribution < -0.4 is 11.1 Å². The molecule has 3 saturated carbocycles. The van der Waals surface area contributed by atoms with Gasteiger partial charge < -0.3 is 49.0 Å². The van der Waals surface area contributed by atoms with Crippen molar-refractivity contribution in [3.8, 4) is 6.07 Å². The van der Waals surface area contributed by atoms with E-state index in [0.29, 0.717) is 55.5 Å². The molecule has 17 heteroatoms. The van der Waals surface area contributed by atoms with Crippen LogP contribution in [0.4, 0.5) is 23.2 Å². The van der Waals surface area contributed by atoms with Crippen LogP contribution in [0.1, 0.15) is 158 Å². The van der Waals surface area contributed by atoms with Gasteiger partial charge in [0, 0.05) is 62.5 Å². The van der Waals surface area contributed by atoms with Gasteiger partial charge in [0.25, 0.3) is 0 Å². The van der Waals surface area contributed by atoms with Crippen LogP contribution in [0, 0.1) is 61.0 Å². The third-order valence-corrected chi connectivity index (χ3v) is 14.1. The minimum Gasteiger partial charge on any atom is -0.512 e. The summed E-state index contributed by atoms with van der Waals surface area (Å²) in [6.45, 7) is 22.0. The summed E-state index contributed by atoms with van der Waals surface area (Å²) in [5.41, 5.74) is 4.99. The number of allylic oxidation sites excluding steroid dienone is 2. The molecule has 1 radical (unpaired) electrons. The summed E-state index contributed by atoms with van der Waals surface area (Å²) in [6.07, 6.45) is 7.03. The number of benzene rings is 1. The van der Waals surface area contributed by atoms with Gasteiger partial charge in [-0.25, -0.2) is 4.39 Å². The number of carbonyl (C=O) groups excluding carboxylic acids is 2. The Labute approximate surface area is 455 Å². The zero-order valence-electron chi connectivity index (χ0n) is 40.0. The molecule has 0 saturated heterocycles. The average molecular weight is 1410 g/mol. The Morgan fingerprint density at radius 1 is 0.831 bits per heavy atom. The maximum absolute atomic E-state index is 13.3. The van der Waals surface area contributed by atoms with Crippen LogP contribution in [0.25, 0.3) is 0 Å². The quantitative estimate of drug-likeness (QED) is 0.0816. The summed E-state index contributed by atoms with van der Waals surface area (Å²) in [6, 6.07) is 4.62. The molecule has 0 bridgehead atoms. The van der Waals surface area contributed by atoms with E-state index in [1.165, 1.54) is 25.3 Å². The van der Waals surface area contributed by atoms with E-state index in [1.54, 1.807) is 0 Å². The Balaban J connectivity index is 0. The van der Waals surface area contributed by atoms with Crippen LogP contribution in [-0.2, 0) is 34.3 Å². The summed E-state index contributed by atoms with van der Waals surface area (Å²) in [5, 5.41) is 39.9. The number of nitrogens with one attached hydrogen (secondary N) is 1. The molecule has 1 aromatic rings. The van der Waals surface area contributed by atoms with Crippen molar-refractivity contribution in [3.05, 3.63) is 45.8 Å². The normalized spacial score (nSPS) is 25.0. The number of aliphatic hydroxyl groups is 3. The molecule has 3 fully saturated rings. The molecule has 4 aliphatic carbocycles. The second kappa shape index (κ2) is 31.1. The molecule has 0 heterocycles. The van der Waals surface area contributed by atoms with E-state index >= 15 is 0 Å². The van der Waals surface area contributed by atoms with E-state index in [-0.39, 0.29) is 75.8 Å². The molecule has 65 heavy (non-hydrogen) atoms. The first-order chi connectivity index (χ1) is 29.1. The monoisotopic (exact) mass is 1410 g/mol. The van der Waals surface area contributed by atoms with Crippen LogP contribution in [0.5, 0.6) is 0 Å². The minimum absolute atomic E-state index is 0. The molecule has 5 unspecified atom stereocenters. The number of anilines is 1. The molecule has 0 aromatic heterocycles. The minimum atomic E-state index is -4.57. The molecule has 0 aliphatic heterocycles. The predicted octanol–water partition coefficient (Wildman–Crippen LogP) is 14.6. The van der Waals surface area contributed by atoms with Gasteiger partial charge in [-0.2, -0.15) is 24.9 Å². The Morgan fingerprint density at radius 2 is 1.32 bits per heavy atom. The molecule has 4 aliphatic rings. The Morgan fingerprint density at radius 3 is 1.71 bits per heavy atom. The van der Waals surface area contributed by atoms with Crippen molar-refractivity contribution < 1.29 is 61.0 Å². The number of aliphatic hydroxyl groups excluding tert-OH is 3. The van der Waals surface area contributed by atoms with Crippen LogP contribution in [-0.4, -0.2) is 51.6 Å². The average Bonchev–Trinajstić information content (AvgIpc) is 3.11. The third-order valence-electron chi connectivity index (χ3n) is 10.9. The van der Waals surface area contributed by atoms with Gasteiger partial charge in [0.1, 0.15) is 11.0 Å². The summed E-state index contributed by atoms with van der Waals surface area (Å²) in [7, 11) is 0. The number of Topliss-reactive ketones (excluding diaryl/α,β-unsaturated/α-hetero) is 1. The predicted molar refractivity (Wildman–Crippen MR) is 287 cm³/mol. The second-order valence-corrected chi connectivity index (χ2v) is 33.4. The fourth-order valence-corrected chi connectivity index (χ4v) is 8.66. The Hall–Kier alpha value is 0.494. The first-order valence-electron chi connectivity index (χ1n) is 22.1. The van der Waals surface area contributed by atoms with Crippen LogP contribution in [0.15, 0.2) is 30.0 Å². The van der Waals surface area contributed by atoms with Gasteiger partial charge in [0.15, 0.2) is 5.78 Å². The molecule has 5 atom stereocenters. The standard InChI is InChI=1S/C16H21F4NO.C9H19NO.C9H13NO.C8H12O2.C3H5I3.C3H6I.V/c1-15(2)7-10(3-14(22)8-15)9-21-13-5-11(16(18,19)20)4-12(17)6-13;2*1-9(2)4-7(6-10)3-8(11)5-9;1-8(2)4-6(9)3-7(10)5-8;1-2-3(4,5)6;1-2-3-4;/h4-6,10,14,21-22H,3,7-9H2,1-2H3;7-8,11H,3-6,10H2,1-2H3;7H,3-5H2,1-2H3;3,9H,4-5H2,1-2H3;2H2,1H3;3H,2H2,1H3;/q;;;;;-1;. The number of hydrogen-bond acceptors (Lipinski definition) is 8. The first-order valence-corrected chi connectivity index (χ1v) is 26.6. The van der Waals surface area contributed by atoms with Crippen molar-refractivity contribution in [2.75, 3.05) is 18.4 Å². The SMILES string of the molecule is CC1(C)CC(=O)C=C(O)C1.CC1(C)CC(=O)CC(C#N)C1.CC1(C)CC(O)CC(CN)C1.CC1(C)CC(O)CC(CNc2cc(F)cc(C(F)(F)F)c2)C1.CCC(I)(I)I.CC[CH-]I.[V]. The van der Waals surface area contributed by atoms with Crippen molar-refractivity contribution in [3.63, 3.8) is 0 Å². The van der Waals surface area contributed by atoms with Gasteiger partial charge in [-0.1, -0.05) is 137 Å². The van der Waals surface area contributed by atoms with Gasteiger partial charge in [-0.3, -0.25) is 14.0 Å².